The van der Waals surface area contributed by atoms with Gasteiger partial charge in [-0.2, -0.15) is 0 Å². The van der Waals surface area contributed by atoms with E-state index in [9.17, 15) is 0 Å². The van der Waals surface area contributed by atoms with Gasteiger partial charge < -0.3 is 5.73 Å². The Morgan fingerprint density at radius 1 is 1.67 bits per heavy atom. The number of nitrogens with zero attached hydrogens (tertiary/aromatic N) is 1. The molecule has 0 bridgehead atoms. The highest BCUT2D eigenvalue weighted by molar-refractivity contribution is 6.19. The third-order valence-electron chi connectivity index (χ3n) is 1.56. The summed E-state index contributed by atoms with van der Waals surface area (Å²) < 4.78 is 0. The highest BCUT2D eigenvalue weighted by atomic mass is 35.5. The van der Waals surface area contributed by atoms with Gasteiger partial charge in [0.25, 0.3) is 0 Å². The van der Waals surface area contributed by atoms with Crippen LogP contribution in [0, 0.1) is 6.92 Å². The molecule has 0 fully saturated rings. The van der Waals surface area contributed by atoms with Crippen LogP contribution >= 0.6 is 11.6 Å². The minimum absolute atomic E-state index is 0.518. The number of nitrogen functional groups attached to an aromatic ring is 1. The summed E-state index contributed by atoms with van der Waals surface area (Å²) >= 11 is 5.50. The summed E-state index contributed by atoms with van der Waals surface area (Å²) in [5.41, 5.74) is 7.67. The first-order valence-corrected chi connectivity index (χ1v) is 4.22. The molecule has 0 amide bonds. The third kappa shape index (κ3) is 2.24. The lowest BCUT2D eigenvalue weighted by Crippen LogP contribution is -1.91. The second kappa shape index (κ2) is 4.12. The first-order valence-electron chi connectivity index (χ1n) is 3.68. The van der Waals surface area contributed by atoms with Crippen molar-refractivity contribution in [2.45, 2.75) is 6.92 Å². The van der Waals surface area contributed by atoms with Gasteiger partial charge >= 0.3 is 0 Å². The molecule has 0 aliphatic carbocycles. The lowest BCUT2D eigenvalue weighted by Gasteiger charge is -1.99. The van der Waals surface area contributed by atoms with E-state index in [4.69, 9.17) is 17.3 Å². The second-order valence-corrected chi connectivity index (χ2v) is 2.83. The standard InChI is InChI=1S/C9H11ClN2/c1-7-5-9(11)12-6-8(7)3-2-4-10/h2-3,5-6H,4H2,1H3,(H2,11,12). The maximum absolute atomic E-state index is 5.50. The van der Waals surface area contributed by atoms with Gasteiger partial charge in [0.15, 0.2) is 0 Å². The molecule has 0 aliphatic rings. The molecule has 1 aromatic rings. The van der Waals surface area contributed by atoms with Crippen LogP contribution in [0.3, 0.4) is 0 Å². The number of anilines is 1. The van der Waals surface area contributed by atoms with E-state index in [0.29, 0.717) is 11.7 Å². The summed E-state index contributed by atoms with van der Waals surface area (Å²) in [5, 5.41) is 0. The second-order valence-electron chi connectivity index (χ2n) is 2.52. The predicted octanol–water partition coefficient (Wildman–Crippen LogP) is 2.22. The molecular formula is C9H11ClN2. The van der Waals surface area contributed by atoms with E-state index in [0.717, 1.165) is 11.1 Å². The van der Waals surface area contributed by atoms with Gasteiger partial charge in [-0.3, -0.25) is 0 Å². The summed E-state index contributed by atoms with van der Waals surface area (Å²) in [6.07, 6.45) is 5.56. The van der Waals surface area contributed by atoms with Crippen LogP contribution in [0.4, 0.5) is 5.82 Å². The first-order chi connectivity index (χ1) is 5.74. The smallest absolute Gasteiger partial charge is 0.123 e. The molecule has 2 N–H and O–H groups in total. The van der Waals surface area contributed by atoms with Gasteiger partial charge in [0.2, 0.25) is 0 Å². The van der Waals surface area contributed by atoms with Crippen molar-refractivity contribution in [3.63, 3.8) is 0 Å². The van der Waals surface area contributed by atoms with Crippen molar-refractivity contribution in [2.24, 2.45) is 0 Å². The number of hydrogen-bond acceptors (Lipinski definition) is 2. The molecule has 0 unspecified atom stereocenters. The van der Waals surface area contributed by atoms with Crippen LogP contribution in [0.5, 0.6) is 0 Å². The maximum Gasteiger partial charge on any atom is 0.123 e. The fraction of sp³-hybridized carbons (Fsp3) is 0.222. The van der Waals surface area contributed by atoms with Crippen molar-refractivity contribution in [1.29, 1.82) is 0 Å². The molecule has 0 saturated heterocycles. The van der Waals surface area contributed by atoms with E-state index in [1.807, 2.05) is 25.1 Å². The van der Waals surface area contributed by atoms with Gasteiger partial charge in [0, 0.05) is 12.1 Å². The molecule has 64 valence electrons. The molecule has 3 heteroatoms. The fourth-order valence-electron chi connectivity index (χ4n) is 0.934. The minimum atomic E-state index is 0.518. The summed E-state index contributed by atoms with van der Waals surface area (Å²) in [5.74, 6) is 1.07. The highest BCUT2D eigenvalue weighted by Crippen LogP contribution is 2.10. The van der Waals surface area contributed by atoms with Crippen LogP contribution in [0.2, 0.25) is 0 Å². The Kier molecular flexibility index (Phi) is 3.11. The molecule has 0 saturated carbocycles. The molecule has 0 atom stereocenters. The van der Waals surface area contributed by atoms with E-state index >= 15 is 0 Å². The number of hydrogen-bond donors (Lipinski definition) is 1. The van der Waals surface area contributed by atoms with Crippen molar-refractivity contribution in [2.75, 3.05) is 11.6 Å². The quantitative estimate of drug-likeness (QED) is 0.713. The first kappa shape index (κ1) is 9.07. The van der Waals surface area contributed by atoms with Gasteiger partial charge in [-0.1, -0.05) is 12.2 Å². The van der Waals surface area contributed by atoms with Crippen LogP contribution in [0.1, 0.15) is 11.1 Å². The molecule has 1 aromatic heterocycles. The zero-order chi connectivity index (χ0) is 8.97. The lowest BCUT2D eigenvalue weighted by atomic mass is 10.1. The fourth-order valence-corrected chi connectivity index (χ4v) is 1.02. The third-order valence-corrected chi connectivity index (χ3v) is 1.74. The van der Waals surface area contributed by atoms with Crippen LogP contribution in [0.15, 0.2) is 18.3 Å². The summed E-state index contributed by atoms with van der Waals surface area (Å²) in [4.78, 5) is 3.98. The molecule has 2 nitrogen and oxygen atoms in total. The molecule has 12 heavy (non-hydrogen) atoms. The molecule has 0 spiro atoms. The van der Waals surface area contributed by atoms with E-state index in [1.54, 1.807) is 6.20 Å². The number of alkyl halides is 1. The van der Waals surface area contributed by atoms with Crippen molar-refractivity contribution in [1.82, 2.24) is 4.98 Å². The van der Waals surface area contributed by atoms with Crippen molar-refractivity contribution < 1.29 is 0 Å². The minimum Gasteiger partial charge on any atom is -0.384 e. The molecule has 1 heterocycles. The predicted molar refractivity (Wildman–Crippen MR) is 53.1 cm³/mol. The molecule has 0 radical (unpaired) electrons. The normalized spacial score (nSPS) is 10.8. The van der Waals surface area contributed by atoms with Crippen LogP contribution in [0.25, 0.3) is 6.08 Å². The zero-order valence-electron chi connectivity index (χ0n) is 6.92. The Morgan fingerprint density at radius 2 is 2.42 bits per heavy atom. The highest BCUT2D eigenvalue weighted by Gasteiger charge is 1.94. The zero-order valence-corrected chi connectivity index (χ0v) is 7.67. The van der Waals surface area contributed by atoms with Crippen molar-refractivity contribution in [3.05, 3.63) is 29.5 Å². The number of halogens is 1. The Morgan fingerprint density at radius 3 is 3.00 bits per heavy atom. The van der Waals surface area contributed by atoms with Gasteiger partial charge in [0.05, 0.1) is 0 Å². The lowest BCUT2D eigenvalue weighted by molar-refractivity contribution is 1.28. The number of aromatic nitrogens is 1. The number of pyridine rings is 1. The van der Waals surface area contributed by atoms with Gasteiger partial charge in [-0.15, -0.1) is 11.6 Å². The SMILES string of the molecule is Cc1cc(N)ncc1C=CCCl. The summed E-state index contributed by atoms with van der Waals surface area (Å²) in [6, 6.07) is 1.84. The number of allylic oxidation sites excluding steroid dienone is 1. The van der Waals surface area contributed by atoms with Crippen molar-refractivity contribution in [3.8, 4) is 0 Å². The average Bonchev–Trinajstić information content (AvgIpc) is 2.03. The number of nitrogens with two attached hydrogens (primary N) is 1. The van der Waals surface area contributed by atoms with Crippen LogP contribution in [-0.4, -0.2) is 10.9 Å². The van der Waals surface area contributed by atoms with Gasteiger partial charge in [0.1, 0.15) is 5.82 Å². The van der Waals surface area contributed by atoms with E-state index in [1.165, 1.54) is 0 Å². The Labute approximate surface area is 77.1 Å². The van der Waals surface area contributed by atoms with E-state index in [-0.39, 0.29) is 0 Å². The monoisotopic (exact) mass is 182 g/mol. The average molecular weight is 183 g/mol. The Bertz CT molecular complexity index is 295. The Balaban J connectivity index is 2.94. The van der Waals surface area contributed by atoms with Gasteiger partial charge in [-0.25, -0.2) is 4.98 Å². The van der Waals surface area contributed by atoms with E-state index < -0.39 is 0 Å². The number of rotatable bonds is 2. The molecule has 0 aliphatic heterocycles. The van der Waals surface area contributed by atoms with Gasteiger partial charge in [-0.05, 0) is 24.1 Å². The van der Waals surface area contributed by atoms with E-state index in [2.05, 4.69) is 4.98 Å². The maximum atomic E-state index is 5.50. The largest absolute Gasteiger partial charge is 0.384 e. The van der Waals surface area contributed by atoms with Crippen LogP contribution in [-0.2, 0) is 0 Å². The summed E-state index contributed by atoms with van der Waals surface area (Å²) in [6.45, 7) is 1.99. The number of aryl methyl sites for hydroxylation is 1. The molecular weight excluding hydrogens is 172 g/mol. The topological polar surface area (TPSA) is 38.9 Å². The molecule has 0 aromatic carbocycles. The Hall–Kier alpha value is -1.02. The molecule has 1 rings (SSSR count). The summed E-state index contributed by atoms with van der Waals surface area (Å²) in [7, 11) is 0. The van der Waals surface area contributed by atoms with Crippen LogP contribution < -0.4 is 5.73 Å². The van der Waals surface area contributed by atoms with Crippen molar-refractivity contribution >= 4 is 23.5 Å².